The van der Waals surface area contributed by atoms with E-state index in [0.29, 0.717) is 0 Å². The van der Waals surface area contributed by atoms with Gasteiger partial charge in [0.2, 0.25) is 0 Å². The van der Waals surface area contributed by atoms with Crippen LogP contribution in [-0.2, 0) is 16.2 Å². The quantitative estimate of drug-likeness (QED) is 0.252. The number of nitrogens with one attached hydrogen (secondary N) is 1. The van der Waals surface area contributed by atoms with E-state index in [9.17, 15) is 0 Å². The lowest BCUT2D eigenvalue weighted by atomic mass is 9.57. The van der Waals surface area contributed by atoms with Crippen LogP contribution in [0.5, 0.6) is 0 Å². The van der Waals surface area contributed by atoms with Crippen molar-refractivity contribution in [2.75, 3.05) is 5.32 Å². The smallest absolute Gasteiger partial charge is 0.141 e. The molecule has 0 bridgehead atoms. The molecule has 0 saturated heterocycles. The molecule has 4 aromatic rings. The van der Waals surface area contributed by atoms with Crippen molar-refractivity contribution in [3.05, 3.63) is 34.9 Å². The summed E-state index contributed by atoms with van der Waals surface area (Å²) >= 11 is 1.91. The molecule has 5 rings (SSSR count). The average molecular weight is 562 g/mol. The van der Waals surface area contributed by atoms with Crippen molar-refractivity contribution in [1.29, 1.82) is 0 Å². The van der Waals surface area contributed by atoms with Gasteiger partial charge in [-0.3, -0.25) is 0 Å². The first kappa shape index (κ1) is 31.4. The molecular weight excluding hydrogens is 517 g/mol. The van der Waals surface area contributed by atoms with E-state index in [2.05, 4.69) is 135 Å². The molecule has 0 amide bonds. The topological polar surface area (TPSA) is 12.0 Å². The third-order valence-corrected chi connectivity index (χ3v) is 12.1. The van der Waals surface area contributed by atoms with E-state index in [-0.39, 0.29) is 16.2 Å². The number of fused-ring (bicyclic) bond motifs is 2. The molecular formula is C32H45B8NS. The Morgan fingerprint density at radius 1 is 0.619 bits per heavy atom. The van der Waals surface area contributed by atoms with Crippen molar-refractivity contribution >= 4 is 139 Å². The van der Waals surface area contributed by atoms with Gasteiger partial charge in [0.25, 0.3) is 0 Å². The Balaban J connectivity index is 1.79. The number of benzene rings is 3. The lowest BCUT2D eigenvalue weighted by Crippen LogP contribution is -2.56. The summed E-state index contributed by atoms with van der Waals surface area (Å²) in [5.74, 6) is 0. The predicted octanol–water partition coefficient (Wildman–Crippen LogP) is -3.97. The van der Waals surface area contributed by atoms with E-state index < -0.39 is 0 Å². The van der Waals surface area contributed by atoms with Crippen molar-refractivity contribution in [1.82, 2.24) is 0 Å². The Kier molecular flexibility index (Phi) is 7.66. The van der Waals surface area contributed by atoms with E-state index >= 15 is 0 Å². The van der Waals surface area contributed by atoms with E-state index in [0.717, 1.165) is 0 Å². The fourth-order valence-electron chi connectivity index (χ4n) is 7.91. The second kappa shape index (κ2) is 10.3. The largest absolute Gasteiger partial charge is 0.347 e. The summed E-state index contributed by atoms with van der Waals surface area (Å²) in [7, 11) is 18.5. The SMILES string of the molecule is Bc1c(B)c(B)c(-c2c(B)c(C(C)(C)C)c(B)c(B)c2Nc2cc3cc4c(cc3s2)C(C)(C)CCC4(C)C)c(B)c1B. The van der Waals surface area contributed by atoms with Crippen LogP contribution in [0.3, 0.4) is 0 Å². The predicted molar refractivity (Wildman–Crippen MR) is 216 cm³/mol. The Labute approximate surface area is 266 Å². The zero-order valence-corrected chi connectivity index (χ0v) is 29.9. The van der Waals surface area contributed by atoms with Crippen molar-refractivity contribution < 1.29 is 0 Å². The molecule has 1 N–H and O–H groups in total. The normalized spacial score (nSPS) is 16.0. The standard InChI is InChI=1S/C32H45B8NS/c1-30(2,3)20-21(33)19(18-22(34)25(37)27(39)26(38)23(18)35)29(28(40)24(20)36)41-17-11-13-10-14-15(12-16(13)42-17)32(6,7)9-8-31(14,4)5/h10-12,41H,8-9,33-40H2,1-7H3. The van der Waals surface area contributed by atoms with Crippen LogP contribution in [0.2, 0.25) is 0 Å². The van der Waals surface area contributed by atoms with Crippen molar-refractivity contribution in [3.63, 3.8) is 0 Å². The van der Waals surface area contributed by atoms with Crippen molar-refractivity contribution in [2.24, 2.45) is 0 Å². The number of thiophene rings is 1. The van der Waals surface area contributed by atoms with Gasteiger partial charge in [0, 0.05) is 10.4 Å². The minimum absolute atomic E-state index is 0.0547. The molecule has 0 radical (unpaired) electrons. The molecule has 1 aliphatic carbocycles. The molecule has 42 heavy (non-hydrogen) atoms. The van der Waals surface area contributed by atoms with Gasteiger partial charge in [-0.2, -0.15) is 0 Å². The molecule has 1 nitrogen and oxygen atoms in total. The molecule has 1 heterocycles. The molecule has 0 unspecified atom stereocenters. The Bertz CT molecular complexity index is 1700. The van der Waals surface area contributed by atoms with Gasteiger partial charge in [-0.15, -0.1) is 27.7 Å². The Morgan fingerprint density at radius 3 is 1.64 bits per heavy atom. The molecule has 0 fully saturated rings. The second-order valence-corrected chi connectivity index (χ2v) is 16.8. The highest BCUT2D eigenvalue weighted by molar-refractivity contribution is 7.22. The number of rotatable bonds is 3. The molecule has 208 valence electrons. The molecule has 0 aliphatic heterocycles. The Morgan fingerprint density at radius 2 is 1.12 bits per heavy atom. The molecule has 3 aromatic carbocycles. The van der Waals surface area contributed by atoms with Crippen LogP contribution in [0.15, 0.2) is 18.2 Å². The molecule has 0 saturated carbocycles. The maximum atomic E-state index is 4.05. The number of hydrogen-bond acceptors (Lipinski definition) is 2. The van der Waals surface area contributed by atoms with E-state index in [1.807, 2.05) is 11.3 Å². The zero-order valence-electron chi connectivity index (χ0n) is 29.1. The maximum Gasteiger partial charge on any atom is 0.141 e. The van der Waals surface area contributed by atoms with Crippen LogP contribution in [0.4, 0.5) is 10.7 Å². The van der Waals surface area contributed by atoms with Crippen LogP contribution in [0.25, 0.3) is 21.2 Å². The summed E-state index contributed by atoms with van der Waals surface area (Å²) in [4.78, 5) is 0. The molecule has 1 aromatic heterocycles. The van der Waals surface area contributed by atoms with Crippen LogP contribution in [0.1, 0.15) is 78.0 Å². The highest BCUT2D eigenvalue weighted by Crippen LogP contribution is 2.48. The summed E-state index contributed by atoms with van der Waals surface area (Å²) in [6, 6.07) is 7.41. The summed E-state index contributed by atoms with van der Waals surface area (Å²) in [6.45, 7) is 16.8. The van der Waals surface area contributed by atoms with Crippen LogP contribution in [0, 0.1) is 0 Å². The van der Waals surface area contributed by atoms with Gasteiger partial charge in [-0.25, -0.2) is 0 Å². The first-order chi connectivity index (χ1) is 19.3. The summed E-state index contributed by atoms with van der Waals surface area (Å²) in [5, 5.41) is 6.64. The molecule has 1 aliphatic rings. The first-order valence-electron chi connectivity index (χ1n) is 15.8. The lowest BCUT2D eigenvalue weighted by molar-refractivity contribution is 0.332. The average Bonchev–Trinajstić information content (AvgIpc) is 3.29. The van der Waals surface area contributed by atoms with Crippen molar-refractivity contribution in [3.8, 4) is 11.1 Å². The highest BCUT2D eigenvalue weighted by atomic mass is 32.1. The molecule has 0 spiro atoms. The minimum Gasteiger partial charge on any atom is -0.347 e. The zero-order chi connectivity index (χ0) is 31.3. The summed E-state index contributed by atoms with van der Waals surface area (Å²) in [5.41, 5.74) is 20.3. The highest BCUT2D eigenvalue weighted by Gasteiger charge is 2.37. The third-order valence-electron chi connectivity index (χ3n) is 11.1. The van der Waals surface area contributed by atoms with Gasteiger partial charge >= 0.3 is 0 Å². The van der Waals surface area contributed by atoms with Gasteiger partial charge in [-0.05, 0) is 74.9 Å². The van der Waals surface area contributed by atoms with Crippen molar-refractivity contribution in [2.45, 2.75) is 77.6 Å². The fourth-order valence-corrected chi connectivity index (χ4v) is 8.90. The van der Waals surface area contributed by atoms with Crippen LogP contribution in [-0.4, -0.2) is 62.8 Å². The Hall–Kier alpha value is -2.06. The molecule has 10 heteroatoms. The monoisotopic (exact) mass is 563 g/mol. The summed E-state index contributed by atoms with van der Waals surface area (Å²) in [6.07, 6.45) is 2.48. The van der Waals surface area contributed by atoms with Gasteiger partial charge in [0.1, 0.15) is 62.8 Å². The van der Waals surface area contributed by atoms with Crippen LogP contribution < -0.4 is 49.0 Å². The fraction of sp³-hybridized carbons (Fsp3) is 0.375. The maximum absolute atomic E-state index is 4.05. The van der Waals surface area contributed by atoms with Gasteiger partial charge in [-0.1, -0.05) is 81.3 Å². The minimum atomic E-state index is 0.0547. The number of hydrogen-bond donors (Lipinski definition) is 1. The van der Waals surface area contributed by atoms with Crippen LogP contribution >= 0.6 is 11.3 Å². The third kappa shape index (κ3) is 4.89. The summed E-state index contributed by atoms with van der Waals surface area (Å²) < 4.78 is 1.38. The van der Waals surface area contributed by atoms with E-state index in [1.54, 1.807) is 0 Å². The lowest BCUT2D eigenvalue weighted by Gasteiger charge is -2.41. The number of anilines is 2. The van der Waals surface area contributed by atoms with E-state index in [4.69, 9.17) is 0 Å². The van der Waals surface area contributed by atoms with Gasteiger partial charge < -0.3 is 5.32 Å². The first-order valence-corrected chi connectivity index (χ1v) is 16.7. The van der Waals surface area contributed by atoms with Gasteiger partial charge in [0.05, 0.1) is 5.00 Å². The second-order valence-electron chi connectivity index (χ2n) is 15.7. The van der Waals surface area contributed by atoms with Gasteiger partial charge in [0.15, 0.2) is 0 Å². The van der Waals surface area contributed by atoms with E-state index in [1.165, 1.54) is 105 Å². The molecule has 0 atom stereocenters.